The standard InChI is InChI=1S/C23H22N2O3.3C2H6.C2H2/c1-3-16-17-10-15(26)5-6-19(17)24-22-18(16)11-25-20(22)9-14-8-13(23(25)28)4-7-21(27)12(14)2;4*1-2/h5-6,8-10,12,14,26H,3-4,7,11H2,1-2H3;3*1-2H3;1-2H/t12-,14?;;;;/m0..../s1. The summed E-state index contributed by atoms with van der Waals surface area (Å²) in [7, 11) is 0. The normalized spacial score (nSPS) is 19.0. The van der Waals surface area contributed by atoms with Gasteiger partial charge in [0.2, 0.25) is 0 Å². The predicted octanol–water partition coefficient (Wildman–Crippen LogP) is 7.07. The molecule has 2 aromatic rings. The molecule has 1 N–H and O–H groups in total. The largest absolute Gasteiger partial charge is 0.508 e. The van der Waals surface area contributed by atoms with Crippen molar-refractivity contribution in [1.82, 2.24) is 9.88 Å². The Morgan fingerprint density at radius 3 is 2.28 bits per heavy atom. The first kappa shape index (κ1) is 30.6. The number of rotatable bonds is 1. The fourth-order valence-electron chi connectivity index (χ4n) is 4.75. The number of hydrogen-bond donors (Lipinski definition) is 1. The number of benzene rings is 1. The molecule has 1 unspecified atom stereocenters. The lowest BCUT2D eigenvalue weighted by Crippen LogP contribution is -2.26. The van der Waals surface area contributed by atoms with Crippen molar-refractivity contribution < 1.29 is 14.7 Å². The minimum absolute atomic E-state index is 0.0115. The van der Waals surface area contributed by atoms with Crippen molar-refractivity contribution in [3.8, 4) is 18.6 Å². The van der Waals surface area contributed by atoms with E-state index in [4.69, 9.17) is 4.98 Å². The van der Waals surface area contributed by atoms with Gasteiger partial charge in [0, 0.05) is 34.8 Å². The molecule has 5 heteroatoms. The van der Waals surface area contributed by atoms with Crippen molar-refractivity contribution in [2.75, 3.05) is 0 Å². The summed E-state index contributed by atoms with van der Waals surface area (Å²) in [6, 6.07) is 5.22. The maximum absolute atomic E-state index is 13.3. The van der Waals surface area contributed by atoms with Crippen LogP contribution in [0.1, 0.15) is 85.1 Å². The Kier molecular flexibility index (Phi) is 12.1. The number of hydrogen-bond acceptors (Lipinski definition) is 4. The van der Waals surface area contributed by atoms with E-state index in [2.05, 4.69) is 25.8 Å². The molecule has 0 saturated carbocycles. The molecule has 3 heterocycles. The van der Waals surface area contributed by atoms with Crippen LogP contribution in [0.15, 0.2) is 35.9 Å². The number of aryl methyl sites for hydroxylation is 1. The summed E-state index contributed by atoms with van der Waals surface area (Å²) in [5, 5.41) is 10.9. The lowest BCUT2D eigenvalue weighted by Gasteiger charge is -2.19. The third-order valence-electron chi connectivity index (χ3n) is 6.38. The topological polar surface area (TPSA) is 70.5 Å². The number of terminal acetylenes is 1. The van der Waals surface area contributed by atoms with Gasteiger partial charge in [0.15, 0.2) is 0 Å². The van der Waals surface area contributed by atoms with Gasteiger partial charge in [0.1, 0.15) is 11.5 Å². The number of aromatic nitrogens is 1. The number of amides is 1. The number of pyridine rings is 1. The number of aromatic hydroxyl groups is 1. The van der Waals surface area contributed by atoms with Crippen molar-refractivity contribution in [3.05, 3.63) is 52.7 Å². The van der Waals surface area contributed by atoms with Gasteiger partial charge in [-0.25, -0.2) is 4.98 Å². The lowest BCUT2D eigenvalue weighted by molar-refractivity contribution is -0.124. The van der Waals surface area contributed by atoms with E-state index in [1.54, 1.807) is 12.1 Å². The van der Waals surface area contributed by atoms with Crippen LogP contribution in [-0.4, -0.2) is 26.7 Å². The molecule has 2 bridgehead atoms. The number of carbonyl (C=O) groups excluding carboxylic acids is 2. The summed E-state index contributed by atoms with van der Waals surface area (Å²) in [5.74, 6) is 0.203. The zero-order valence-corrected chi connectivity index (χ0v) is 23.2. The molecule has 0 fully saturated rings. The summed E-state index contributed by atoms with van der Waals surface area (Å²) in [5.41, 5.74) is 5.39. The summed E-state index contributed by atoms with van der Waals surface area (Å²) < 4.78 is 0. The van der Waals surface area contributed by atoms with Crippen molar-refractivity contribution in [2.24, 2.45) is 11.8 Å². The maximum atomic E-state index is 13.3. The predicted molar refractivity (Wildman–Crippen MR) is 150 cm³/mol. The zero-order chi connectivity index (χ0) is 27.6. The zero-order valence-electron chi connectivity index (χ0n) is 23.2. The van der Waals surface area contributed by atoms with Crippen LogP contribution in [0.5, 0.6) is 5.75 Å². The number of carbonyl (C=O) groups is 2. The SMILES string of the molecule is C#C.CC.CC.CC.CCc1c2c(nc3ccc(O)cc13)C1=CC3C=C(CCC(=O)[C@H]3C)C(=O)N1C2. The van der Waals surface area contributed by atoms with Gasteiger partial charge in [-0.3, -0.25) is 9.59 Å². The fourth-order valence-corrected chi connectivity index (χ4v) is 4.75. The molecule has 0 saturated heterocycles. The summed E-state index contributed by atoms with van der Waals surface area (Å²) in [4.78, 5) is 32.3. The molecular weight excluding hydrogens is 448 g/mol. The first-order valence-corrected chi connectivity index (χ1v) is 13.2. The van der Waals surface area contributed by atoms with E-state index in [0.29, 0.717) is 19.4 Å². The molecule has 1 amide bonds. The van der Waals surface area contributed by atoms with Crippen LogP contribution in [0.2, 0.25) is 0 Å². The Morgan fingerprint density at radius 2 is 1.67 bits per heavy atom. The van der Waals surface area contributed by atoms with Gasteiger partial charge in [-0.05, 0) is 36.6 Å². The molecule has 194 valence electrons. The molecule has 3 aliphatic rings. The quantitative estimate of drug-likeness (QED) is 0.434. The summed E-state index contributed by atoms with van der Waals surface area (Å²) >= 11 is 0. The van der Waals surface area contributed by atoms with Gasteiger partial charge >= 0.3 is 0 Å². The molecule has 5 nitrogen and oxygen atoms in total. The maximum Gasteiger partial charge on any atom is 0.254 e. The van der Waals surface area contributed by atoms with Crippen LogP contribution in [0.25, 0.3) is 16.6 Å². The van der Waals surface area contributed by atoms with E-state index in [-0.39, 0.29) is 29.3 Å². The minimum atomic E-state index is -0.134. The highest BCUT2D eigenvalue weighted by Gasteiger charge is 2.39. The van der Waals surface area contributed by atoms with Crippen LogP contribution in [0.4, 0.5) is 0 Å². The van der Waals surface area contributed by atoms with Gasteiger partial charge in [-0.1, -0.05) is 67.5 Å². The molecule has 36 heavy (non-hydrogen) atoms. The molecular formula is C31H42N2O3. The molecule has 1 aromatic heterocycles. The fraction of sp³-hybridized carbons (Fsp3) is 0.452. The third kappa shape index (κ3) is 5.70. The molecule has 0 radical (unpaired) electrons. The van der Waals surface area contributed by atoms with Crippen LogP contribution in [0, 0.1) is 24.7 Å². The minimum Gasteiger partial charge on any atom is -0.508 e. The highest BCUT2D eigenvalue weighted by Crippen LogP contribution is 2.42. The van der Waals surface area contributed by atoms with Crippen LogP contribution >= 0.6 is 0 Å². The van der Waals surface area contributed by atoms with E-state index >= 15 is 0 Å². The Balaban J connectivity index is 0.000000741. The molecule has 0 spiro atoms. The number of ketones is 1. The van der Waals surface area contributed by atoms with Crippen molar-refractivity contribution in [2.45, 2.75) is 81.2 Å². The van der Waals surface area contributed by atoms with Gasteiger partial charge in [-0.15, -0.1) is 12.8 Å². The third-order valence-corrected chi connectivity index (χ3v) is 6.38. The Labute approximate surface area is 217 Å². The Hall–Kier alpha value is -3.39. The van der Waals surface area contributed by atoms with Gasteiger partial charge in [-0.2, -0.15) is 0 Å². The Bertz CT molecular complexity index is 1160. The average molecular weight is 491 g/mol. The molecule has 1 aromatic carbocycles. The average Bonchev–Trinajstić information content (AvgIpc) is 3.14. The number of phenols is 1. The van der Waals surface area contributed by atoms with Gasteiger partial charge in [0.25, 0.3) is 5.91 Å². The Morgan fingerprint density at radius 1 is 1.03 bits per heavy atom. The highest BCUT2D eigenvalue weighted by molar-refractivity contribution is 6.03. The number of Topliss-reactive ketones (excluding diaryl/α,β-unsaturated/α-hetero) is 1. The highest BCUT2D eigenvalue weighted by atomic mass is 16.3. The van der Waals surface area contributed by atoms with Crippen molar-refractivity contribution >= 4 is 28.3 Å². The number of allylic oxidation sites excluding steroid dienone is 2. The van der Waals surface area contributed by atoms with Crippen LogP contribution < -0.4 is 0 Å². The summed E-state index contributed by atoms with van der Waals surface area (Å²) in [6.45, 7) is 16.5. The second-order valence-electron chi connectivity index (χ2n) is 7.94. The number of phenolic OH excluding ortho intramolecular Hbond substituents is 1. The van der Waals surface area contributed by atoms with Crippen molar-refractivity contribution in [1.29, 1.82) is 0 Å². The van der Waals surface area contributed by atoms with E-state index in [1.165, 1.54) is 0 Å². The first-order chi connectivity index (χ1) is 17.5. The monoisotopic (exact) mass is 490 g/mol. The van der Waals surface area contributed by atoms with E-state index < -0.39 is 0 Å². The van der Waals surface area contributed by atoms with Crippen LogP contribution in [0.3, 0.4) is 0 Å². The molecule has 2 atom stereocenters. The summed E-state index contributed by atoms with van der Waals surface area (Å²) in [6.07, 6.45) is 13.8. The van der Waals surface area contributed by atoms with E-state index in [1.807, 2.05) is 65.5 Å². The van der Waals surface area contributed by atoms with Crippen molar-refractivity contribution in [3.63, 3.8) is 0 Å². The van der Waals surface area contributed by atoms with Gasteiger partial charge < -0.3 is 10.0 Å². The van der Waals surface area contributed by atoms with Crippen LogP contribution in [-0.2, 0) is 22.6 Å². The molecule has 2 aliphatic heterocycles. The number of nitrogens with zero attached hydrogens (tertiary/aromatic N) is 2. The number of fused-ring (bicyclic) bond motifs is 5. The molecule has 1 aliphatic carbocycles. The smallest absolute Gasteiger partial charge is 0.254 e. The lowest BCUT2D eigenvalue weighted by atomic mass is 9.89. The van der Waals surface area contributed by atoms with E-state index in [0.717, 1.165) is 45.4 Å². The van der Waals surface area contributed by atoms with E-state index in [9.17, 15) is 14.7 Å². The molecule has 5 rings (SSSR count). The first-order valence-electron chi connectivity index (χ1n) is 13.2. The second kappa shape index (κ2) is 14.2. The second-order valence-corrected chi connectivity index (χ2v) is 7.94. The van der Waals surface area contributed by atoms with Gasteiger partial charge in [0.05, 0.1) is 23.5 Å².